The first kappa shape index (κ1) is 48.6. The van der Waals surface area contributed by atoms with Crippen molar-refractivity contribution in [1.82, 2.24) is 0 Å². The van der Waals surface area contributed by atoms with Crippen molar-refractivity contribution >= 4 is 64.6 Å². The highest BCUT2D eigenvalue weighted by Crippen LogP contribution is 2.56. The van der Waals surface area contributed by atoms with Crippen LogP contribution in [0.5, 0.6) is 0 Å². The third-order valence-corrected chi connectivity index (χ3v) is 19.5. The lowest BCUT2D eigenvalue weighted by Crippen LogP contribution is -2.15. The van der Waals surface area contributed by atoms with Crippen LogP contribution >= 0.6 is 0 Å². The average Bonchev–Trinajstić information content (AvgIpc) is 1.49. The summed E-state index contributed by atoms with van der Waals surface area (Å²) in [5.41, 5.74) is 25.6. The smallest absolute Gasteiger partial charge is 0.0159 e. The molecule has 84 heavy (non-hydrogen) atoms. The summed E-state index contributed by atoms with van der Waals surface area (Å²) in [6.07, 6.45) is 0. The quantitative estimate of drug-likeness (QED) is 0.146. The molecule has 394 valence electrons. The van der Waals surface area contributed by atoms with Crippen LogP contribution in [0.25, 0.3) is 154 Å². The highest BCUT2D eigenvalue weighted by molar-refractivity contribution is 6.30. The van der Waals surface area contributed by atoms with Crippen molar-refractivity contribution in [2.45, 2.75) is 38.5 Å². The van der Waals surface area contributed by atoms with E-state index in [-0.39, 0.29) is 10.8 Å². The van der Waals surface area contributed by atoms with Crippen molar-refractivity contribution in [1.29, 1.82) is 0 Å². The summed E-state index contributed by atoms with van der Waals surface area (Å²) >= 11 is 0. The molecule has 0 radical (unpaired) electrons. The summed E-state index contributed by atoms with van der Waals surface area (Å²) in [5, 5.41) is 15.2. The Balaban J connectivity index is 0.808. The van der Waals surface area contributed by atoms with E-state index >= 15 is 0 Å². The van der Waals surface area contributed by atoms with E-state index in [1.54, 1.807) is 0 Å². The molecule has 0 N–H and O–H groups in total. The van der Waals surface area contributed by atoms with E-state index in [2.05, 4.69) is 307 Å². The first-order chi connectivity index (χ1) is 41.2. The zero-order valence-electron chi connectivity index (χ0n) is 47.6. The van der Waals surface area contributed by atoms with Gasteiger partial charge in [0.1, 0.15) is 0 Å². The molecule has 2 aliphatic carbocycles. The van der Waals surface area contributed by atoms with Gasteiger partial charge in [0, 0.05) is 10.8 Å². The maximum absolute atomic E-state index is 2.53. The average molecular weight is 1070 g/mol. The molecule has 0 bridgehead atoms. The molecule has 0 fully saturated rings. The van der Waals surface area contributed by atoms with E-state index in [9.17, 15) is 0 Å². The zero-order valence-corrected chi connectivity index (χ0v) is 47.6. The predicted molar refractivity (Wildman–Crippen MR) is 359 cm³/mol. The minimum Gasteiger partial charge on any atom is -0.0622 e. The maximum Gasteiger partial charge on any atom is 0.0159 e. The van der Waals surface area contributed by atoms with Gasteiger partial charge in [-0.3, -0.25) is 0 Å². The SMILES string of the molecule is CC1(C)c2ccccc2-c2ccc(-c3c4ccccc4c(-c4c5ccccc5c(-c5ccc6c(c5)C(C)(C)c5cc(-c7c8ccccc8c(-c8ccc(-c9ccccc9)cc8)c8ccccc78)ccc5-6)c5ccccc45)c4ccccc34)cc21. The second kappa shape index (κ2) is 18.2. The van der Waals surface area contributed by atoms with Crippen LogP contribution in [0.15, 0.2) is 279 Å². The predicted octanol–water partition coefficient (Wildman–Crippen LogP) is 23.2. The van der Waals surface area contributed by atoms with Crippen LogP contribution in [0.3, 0.4) is 0 Å². The van der Waals surface area contributed by atoms with Crippen LogP contribution in [0.1, 0.15) is 49.9 Å². The number of benzene rings is 15. The normalized spacial score (nSPS) is 13.7. The molecule has 0 nitrogen and oxygen atoms in total. The van der Waals surface area contributed by atoms with Crippen molar-refractivity contribution in [3.05, 3.63) is 301 Å². The highest BCUT2D eigenvalue weighted by Gasteiger charge is 2.38. The van der Waals surface area contributed by atoms with Crippen LogP contribution in [0, 0.1) is 0 Å². The molecule has 0 atom stereocenters. The third kappa shape index (κ3) is 6.95. The van der Waals surface area contributed by atoms with Crippen molar-refractivity contribution < 1.29 is 0 Å². The third-order valence-electron chi connectivity index (χ3n) is 19.5. The van der Waals surface area contributed by atoms with E-state index < -0.39 is 0 Å². The molecule has 0 saturated carbocycles. The molecule has 0 heteroatoms. The van der Waals surface area contributed by atoms with Crippen molar-refractivity contribution in [2.24, 2.45) is 0 Å². The molecule has 15 aromatic carbocycles. The Morgan fingerprint density at radius 2 is 0.393 bits per heavy atom. The zero-order chi connectivity index (χ0) is 56.0. The molecule has 0 aliphatic heterocycles. The summed E-state index contributed by atoms with van der Waals surface area (Å²) < 4.78 is 0. The minimum absolute atomic E-state index is 0.104. The van der Waals surface area contributed by atoms with Crippen LogP contribution in [-0.2, 0) is 10.8 Å². The maximum atomic E-state index is 2.53. The van der Waals surface area contributed by atoms with Crippen molar-refractivity contribution in [3.8, 4) is 89.0 Å². The molecule has 0 aromatic heterocycles. The molecule has 2 aliphatic rings. The molecule has 0 saturated heterocycles. The Kier molecular flexibility index (Phi) is 10.5. The minimum atomic E-state index is -0.271. The van der Waals surface area contributed by atoms with Crippen LogP contribution in [0.4, 0.5) is 0 Å². The van der Waals surface area contributed by atoms with Gasteiger partial charge in [0.25, 0.3) is 0 Å². The standard InChI is InChI=1S/C84H58/c1-83(2)73-37-21-20-24-57(73)58-45-42-54(48-74(58)83)79-65-29-12-16-33-69(65)81(70-34-17-13-30-66(70)79)82-71-35-18-14-31-67(71)80(68-32-15-19-36-72(68)82)56-44-47-60-59-46-43-55(49-75(59)84(3,4)76(60)50-56)78-63-27-10-8-25-61(63)77(62-26-9-11-28-64(62)78)53-40-38-52(39-41-53)51-22-6-5-7-23-51/h5-50H,1-4H3. The first-order valence-electron chi connectivity index (χ1n) is 29.7. The molecule has 0 unspecified atom stereocenters. The fourth-order valence-corrected chi connectivity index (χ4v) is 15.5. The van der Waals surface area contributed by atoms with Gasteiger partial charge in [-0.1, -0.05) is 289 Å². The molecule has 17 rings (SSSR count). The van der Waals surface area contributed by atoms with Gasteiger partial charge in [-0.25, -0.2) is 0 Å². The highest BCUT2D eigenvalue weighted by atomic mass is 14.4. The molecular weight excluding hydrogens is 1010 g/mol. The van der Waals surface area contributed by atoms with Gasteiger partial charge in [-0.05, 0) is 194 Å². The lowest BCUT2D eigenvalue weighted by Gasteiger charge is -2.25. The fourth-order valence-electron chi connectivity index (χ4n) is 15.5. The second-order valence-corrected chi connectivity index (χ2v) is 24.5. The van der Waals surface area contributed by atoms with Gasteiger partial charge in [-0.2, -0.15) is 0 Å². The van der Waals surface area contributed by atoms with Gasteiger partial charge >= 0.3 is 0 Å². The summed E-state index contributed by atoms with van der Waals surface area (Å²) in [5.74, 6) is 0. The summed E-state index contributed by atoms with van der Waals surface area (Å²) in [6.45, 7) is 9.64. The Morgan fingerprint density at radius 3 is 0.738 bits per heavy atom. The van der Waals surface area contributed by atoms with Gasteiger partial charge < -0.3 is 0 Å². The van der Waals surface area contributed by atoms with Crippen LogP contribution < -0.4 is 0 Å². The lowest BCUT2D eigenvalue weighted by molar-refractivity contribution is 0.660. The van der Waals surface area contributed by atoms with E-state index in [1.807, 2.05) is 0 Å². The number of hydrogen-bond acceptors (Lipinski definition) is 0. The Labute approximate surface area is 490 Å². The largest absolute Gasteiger partial charge is 0.0622 e. The number of hydrogen-bond donors (Lipinski definition) is 0. The Morgan fingerprint density at radius 1 is 0.167 bits per heavy atom. The monoisotopic (exact) mass is 1070 g/mol. The topological polar surface area (TPSA) is 0 Å². The van der Waals surface area contributed by atoms with E-state index in [0.29, 0.717) is 0 Å². The van der Waals surface area contributed by atoms with Gasteiger partial charge in [0.15, 0.2) is 0 Å². The molecule has 0 heterocycles. The van der Waals surface area contributed by atoms with E-state index in [4.69, 9.17) is 0 Å². The van der Waals surface area contributed by atoms with Gasteiger partial charge in [0.05, 0.1) is 0 Å². The first-order valence-corrected chi connectivity index (χ1v) is 29.7. The van der Waals surface area contributed by atoms with Gasteiger partial charge in [0.2, 0.25) is 0 Å². The molecule has 15 aromatic rings. The molecule has 0 amide bonds. The second-order valence-electron chi connectivity index (χ2n) is 24.5. The molecule has 0 spiro atoms. The summed E-state index contributed by atoms with van der Waals surface area (Å²) in [6, 6.07) is 105. The van der Waals surface area contributed by atoms with Crippen LogP contribution in [-0.4, -0.2) is 0 Å². The van der Waals surface area contributed by atoms with Crippen molar-refractivity contribution in [2.75, 3.05) is 0 Å². The summed E-state index contributed by atoms with van der Waals surface area (Å²) in [7, 11) is 0. The number of rotatable bonds is 6. The van der Waals surface area contributed by atoms with Gasteiger partial charge in [-0.15, -0.1) is 0 Å². The Hall–Kier alpha value is -10.1. The Bertz CT molecular complexity index is 5110. The van der Waals surface area contributed by atoms with Crippen LogP contribution in [0.2, 0.25) is 0 Å². The lowest BCUT2D eigenvalue weighted by atomic mass is 9.78. The molecular formula is C84H58. The van der Waals surface area contributed by atoms with E-state index in [1.165, 1.54) is 176 Å². The summed E-state index contributed by atoms with van der Waals surface area (Å²) in [4.78, 5) is 0. The number of fused-ring (bicyclic) bond motifs is 12. The van der Waals surface area contributed by atoms with Crippen molar-refractivity contribution in [3.63, 3.8) is 0 Å². The van der Waals surface area contributed by atoms with E-state index in [0.717, 1.165) is 0 Å². The fraction of sp³-hybridized carbons (Fsp3) is 0.0714.